The minimum Gasteiger partial charge on any atom is -0.273 e. The van der Waals surface area contributed by atoms with Gasteiger partial charge in [0.15, 0.2) is 6.10 Å². The summed E-state index contributed by atoms with van der Waals surface area (Å²) in [6, 6.07) is 18.8. The quantitative estimate of drug-likeness (QED) is 0.478. The molecule has 5 rings (SSSR count). The summed E-state index contributed by atoms with van der Waals surface area (Å²) in [4.78, 5) is 33.6. The molecule has 2 heterocycles. The molecule has 3 atom stereocenters. The maximum Gasteiger partial charge on any atom is 0.416 e. The number of carbonyl (C=O) groups excluding carboxylic acids is 2. The number of hydrogen-bond acceptors (Lipinski definition) is 4. The lowest BCUT2D eigenvalue weighted by molar-refractivity contribution is -0.137. The van der Waals surface area contributed by atoms with Gasteiger partial charge in [0.25, 0.3) is 5.91 Å². The predicted octanol–water partition coefficient (Wildman–Crippen LogP) is 5.41. The molecule has 0 unspecified atom stereocenters. The second kappa shape index (κ2) is 7.90. The number of anilines is 2. The first-order valence-electron chi connectivity index (χ1n) is 10.1. The van der Waals surface area contributed by atoms with E-state index in [0.29, 0.717) is 5.69 Å². The Labute approximate surface area is 191 Å². The monoisotopic (exact) mass is 472 g/mol. The van der Waals surface area contributed by atoms with Gasteiger partial charge in [0.2, 0.25) is 5.91 Å². The summed E-state index contributed by atoms with van der Waals surface area (Å²) in [5.41, 5.74) is 0.0833. The lowest BCUT2D eigenvalue weighted by Gasteiger charge is -2.29. The molecule has 0 saturated carbocycles. The molecule has 0 bridgehead atoms. The highest BCUT2D eigenvalue weighted by Gasteiger charge is 2.60. The molecule has 2 aliphatic rings. The van der Waals surface area contributed by atoms with Gasteiger partial charge in [-0.05, 0) is 42.0 Å². The summed E-state index contributed by atoms with van der Waals surface area (Å²) in [7, 11) is 0. The number of carbonyl (C=O) groups is 2. The molecule has 0 aliphatic carbocycles. The van der Waals surface area contributed by atoms with Crippen LogP contribution in [0.1, 0.15) is 17.2 Å². The molecule has 3 aromatic rings. The Bertz CT molecular complexity index is 1230. The Morgan fingerprint density at radius 3 is 2.24 bits per heavy atom. The third-order valence-electron chi connectivity index (χ3n) is 5.77. The summed E-state index contributed by atoms with van der Waals surface area (Å²) in [6.07, 6.45) is -5.76. The van der Waals surface area contributed by atoms with Crippen LogP contribution in [-0.4, -0.2) is 17.9 Å². The fourth-order valence-electron chi connectivity index (χ4n) is 4.32. The van der Waals surface area contributed by atoms with Crippen molar-refractivity contribution in [2.75, 3.05) is 9.96 Å². The van der Waals surface area contributed by atoms with Crippen LogP contribution in [0.2, 0.25) is 5.02 Å². The van der Waals surface area contributed by atoms with Gasteiger partial charge in [0.05, 0.1) is 28.0 Å². The van der Waals surface area contributed by atoms with E-state index in [4.69, 9.17) is 16.4 Å². The van der Waals surface area contributed by atoms with Gasteiger partial charge in [-0.3, -0.25) is 14.4 Å². The predicted molar refractivity (Wildman–Crippen MR) is 115 cm³/mol. The van der Waals surface area contributed by atoms with Gasteiger partial charge >= 0.3 is 6.18 Å². The maximum absolute atomic E-state index is 13.5. The smallest absolute Gasteiger partial charge is 0.273 e. The number of fused-ring (bicyclic) bond motifs is 1. The minimum atomic E-state index is -4.56. The highest BCUT2D eigenvalue weighted by molar-refractivity contribution is 6.36. The number of alkyl halides is 3. The number of hydroxylamine groups is 1. The first kappa shape index (κ1) is 21.5. The number of hydrogen-bond donors (Lipinski definition) is 0. The minimum absolute atomic E-state index is 0.203. The van der Waals surface area contributed by atoms with Crippen molar-refractivity contribution >= 4 is 34.8 Å². The van der Waals surface area contributed by atoms with E-state index in [1.807, 2.05) is 0 Å². The second-order valence-electron chi connectivity index (χ2n) is 7.74. The zero-order chi connectivity index (χ0) is 23.3. The average molecular weight is 473 g/mol. The molecule has 2 fully saturated rings. The molecule has 3 aromatic carbocycles. The number of para-hydroxylation sites is 2. The third-order valence-corrected chi connectivity index (χ3v) is 6.09. The maximum atomic E-state index is 13.5. The molecule has 2 aliphatic heterocycles. The molecule has 0 radical (unpaired) electrons. The first-order chi connectivity index (χ1) is 15.8. The van der Waals surface area contributed by atoms with Gasteiger partial charge in [-0.25, -0.2) is 9.96 Å². The van der Waals surface area contributed by atoms with E-state index < -0.39 is 41.6 Å². The molecule has 2 saturated heterocycles. The topological polar surface area (TPSA) is 49.9 Å². The SMILES string of the molecule is O=C1[C@@H]2[C@@H](ON(c3ccccc3)[C@H]2c2cccc(C(F)(F)F)c2)C(=O)N1c1ccccc1Cl. The molecule has 0 N–H and O–H groups in total. The van der Waals surface area contributed by atoms with Crippen molar-refractivity contribution in [3.8, 4) is 0 Å². The van der Waals surface area contributed by atoms with E-state index in [2.05, 4.69) is 0 Å². The first-order valence-corrected chi connectivity index (χ1v) is 10.5. The Morgan fingerprint density at radius 2 is 1.55 bits per heavy atom. The van der Waals surface area contributed by atoms with Crippen LogP contribution in [0.5, 0.6) is 0 Å². The largest absolute Gasteiger partial charge is 0.416 e. The van der Waals surface area contributed by atoms with Crippen LogP contribution in [0.3, 0.4) is 0 Å². The van der Waals surface area contributed by atoms with Crippen LogP contribution in [0, 0.1) is 5.92 Å². The number of benzene rings is 3. The molecule has 5 nitrogen and oxygen atoms in total. The molecule has 168 valence electrons. The summed E-state index contributed by atoms with van der Waals surface area (Å²) in [5, 5.41) is 1.56. The normalized spacial score (nSPS) is 22.7. The van der Waals surface area contributed by atoms with E-state index >= 15 is 0 Å². The zero-order valence-corrected chi connectivity index (χ0v) is 17.6. The summed E-state index contributed by atoms with van der Waals surface area (Å²) in [6.45, 7) is 0. The van der Waals surface area contributed by atoms with Crippen molar-refractivity contribution in [1.29, 1.82) is 0 Å². The fraction of sp³-hybridized carbons (Fsp3) is 0.167. The van der Waals surface area contributed by atoms with Gasteiger partial charge < -0.3 is 0 Å². The van der Waals surface area contributed by atoms with Gasteiger partial charge in [-0.15, -0.1) is 0 Å². The fourth-order valence-corrected chi connectivity index (χ4v) is 4.54. The molecule has 0 spiro atoms. The van der Waals surface area contributed by atoms with E-state index in [1.165, 1.54) is 23.3 Å². The third kappa shape index (κ3) is 3.55. The Morgan fingerprint density at radius 1 is 0.848 bits per heavy atom. The lowest BCUT2D eigenvalue weighted by atomic mass is 9.89. The van der Waals surface area contributed by atoms with Crippen molar-refractivity contribution in [1.82, 2.24) is 0 Å². The van der Waals surface area contributed by atoms with Gasteiger partial charge in [0.1, 0.15) is 5.92 Å². The van der Waals surface area contributed by atoms with Crippen molar-refractivity contribution < 1.29 is 27.6 Å². The summed E-state index contributed by atoms with van der Waals surface area (Å²) in [5.74, 6) is -2.26. The van der Waals surface area contributed by atoms with Crippen LogP contribution in [0.25, 0.3) is 0 Å². The van der Waals surface area contributed by atoms with Crippen LogP contribution < -0.4 is 9.96 Å². The Balaban J connectivity index is 1.62. The Kier molecular flexibility index (Phi) is 5.14. The molecule has 0 aromatic heterocycles. The number of imide groups is 1. The van der Waals surface area contributed by atoms with Crippen molar-refractivity contribution in [3.05, 3.63) is 95.0 Å². The summed E-state index contributed by atoms with van der Waals surface area (Å²) >= 11 is 6.22. The van der Waals surface area contributed by atoms with Crippen LogP contribution >= 0.6 is 11.6 Å². The Hall–Kier alpha value is -3.36. The zero-order valence-electron chi connectivity index (χ0n) is 16.9. The molecule has 33 heavy (non-hydrogen) atoms. The molecule has 9 heteroatoms. The van der Waals surface area contributed by atoms with E-state index in [-0.39, 0.29) is 16.3 Å². The molecular formula is C24H16ClF3N2O3. The number of rotatable bonds is 3. The van der Waals surface area contributed by atoms with Crippen LogP contribution in [0.15, 0.2) is 78.9 Å². The molecular weight excluding hydrogens is 457 g/mol. The lowest BCUT2D eigenvalue weighted by Crippen LogP contribution is -2.37. The van der Waals surface area contributed by atoms with Gasteiger partial charge in [-0.2, -0.15) is 13.2 Å². The van der Waals surface area contributed by atoms with Crippen LogP contribution in [-0.2, 0) is 20.6 Å². The van der Waals surface area contributed by atoms with Crippen molar-refractivity contribution in [2.24, 2.45) is 5.92 Å². The van der Waals surface area contributed by atoms with E-state index in [1.54, 1.807) is 48.5 Å². The summed E-state index contributed by atoms with van der Waals surface area (Å²) < 4.78 is 40.3. The highest BCUT2D eigenvalue weighted by Crippen LogP contribution is 2.48. The average Bonchev–Trinajstić information content (AvgIpc) is 3.31. The van der Waals surface area contributed by atoms with E-state index in [0.717, 1.165) is 17.0 Å². The van der Waals surface area contributed by atoms with Crippen molar-refractivity contribution in [3.63, 3.8) is 0 Å². The van der Waals surface area contributed by atoms with Crippen molar-refractivity contribution in [2.45, 2.75) is 18.3 Å². The van der Waals surface area contributed by atoms with E-state index in [9.17, 15) is 22.8 Å². The number of amides is 2. The number of nitrogens with zero attached hydrogens (tertiary/aromatic N) is 2. The molecule has 2 amide bonds. The standard InChI is InChI=1S/C24H16ClF3N2O3/c25-17-11-4-5-12-18(17)29-22(31)19-20(14-7-6-8-15(13-14)24(26,27)28)30(33-21(19)23(29)32)16-9-2-1-3-10-16/h1-13,19-21H/t19-,20-,21+/m0/s1. The highest BCUT2D eigenvalue weighted by atomic mass is 35.5. The van der Waals surface area contributed by atoms with Crippen LogP contribution in [0.4, 0.5) is 24.5 Å². The van der Waals surface area contributed by atoms with Gasteiger partial charge in [-0.1, -0.05) is 54.1 Å². The number of halogens is 4. The van der Waals surface area contributed by atoms with Gasteiger partial charge in [0, 0.05) is 0 Å². The second-order valence-corrected chi connectivity index (χ2v) is 8.15.